The molecule has 0 saturated heterocycles. The Bertz CT molecular complexity index is 802. The molecular formula is C17H17N3O4. The molecule has 0 aliphatic carbocycles. The van der Waals surface area contributed by atoms with Crippen molar-refractivity contribution in [2.45, 2.75) is 6.92 Å². The molecule has 0 aliphatic heterocycles. The second-order valence-corrected chi connectivity index (χ2v) is 4.97. The molecular weight excluding hydrogens is 310 g/mol. The van der Waals surface area contributed by atoms with Crippen molar-refractivity contribution in [1.82, 2.24) is 5.32 Å². The monoisotopic (exact) mass is 327 g/mol. The van der Waals surface area contributed by atoms with E-state index in [1.165, 1.54) is 24.3 Å². The lowest BCUT2D eigenvalue weighted by Gasteiger charge is -2.09. The van der Waals surface area contributed by atoms with Gasteiger partial charge >= 0.3 is 0 Å². The molecule has 0 saturated carbocycles. The molecule has 0 fully saturated rings. The zero-order valence-electron chi connectivity index (χ0n) is 13.3. The maximum Gasteiger partial charge on any atom is 0.293 e. The van der Waals surface area contributed by atoms with E-state index in [4.69, 9.17) is 0 Å². The quantitative estimate of drug-likeness (QED) is 0.482. The van der Waals surface area contributed by atoms with Crippen LogP contribution in [0.5, 0.6) is 0 Å². The minimum absolute atomic E-state index is 0.150. The van der Waals surface area contributed by atoms with Crippen LogP contribution in [0.1, 0.15) is 33.2 Å². The Balaban J connectivity index is 2.48. The number of carbonyl (C=O) groups excluding carboxylic acids is 2. The third-order valence-electron chi connectivity index (χ3n) is 3.48. The van der Waals surface area contributed by atoms with Crippen LogP contribution in [-0.4, -0.2) is 30.2 Å². The highest BCUT2D eigenvalue weighted by molar-refractivity contribution is 6.15. The van der Waals surface area contributed by atoms with Crippen LogP contribution < -0.4 is 10.6 Å². The molecule has 2 aromatic carbocycles. The number of amides is 1. The van der Waals surface area contributed by atoms with Crippen molar-refractivity contribution in [3.05, 3.63) is 69.3 Å². The van der Waals surface area contributed by atoms with E-state index in [2.05, 4.69) is 10.6 Å². The van der Waals surface area contributed by atoms with Crippen molar-refractivity contribution in [2.75, 3.05) is 18.9 Å². The van der Waals surface area contributed by atoms with Crippen LogP contribution in [-0.2, 0) is 0 Å². The molecule has 0 radical (unpaired) electrons. The topological polar surface area (TPSA) is 101 Å². The molecule has 2 N–H and O–H groups in total. The van der Waals surface area contributed by atoms with Crippen LogP contribution in [0, 0.1) is 10.1 Å². The summed E-state index contributed by atoms with van der Waals surface area (Å²) < 4.78 is 0. The first kappa shape index (κ1) is 17.1. The minimum Gasteiger partial charge on any atom is -0.383 e. The van der Waals surface area contributed by atoms with Gasteiger partial charge in [0.25, 0.3) is 11.6 Å². The van der Waals surface area contributed by atoms with Gasteiger partial charge in [-0.2, -0.15) is 0 Å². The summed E-state index contributed by atoms with van der Waals surface area (Å²) in [6.45, 7) is 2.21. The average Bonchev–Trinajstić information content (AvgIpc) is 2.60. The number of benzene rings is 2. The van der Waals surface area contributed by atoms with E-state index >= 15 is 0 Å². The van der Waals surface area contributed by atoms with E-state index in [1.54, 1.807) is 32.2 Å². The Morgan fingerprint density at radius 1 is 1.12 bits per heavy atom. The van der Waals surface area contributed by atoms with Crippen LogP contribution >= 0.6 is 0 Å². The Morgan fingerprint density at radius 3 is 2.38 bits per heavy atom. The minimum atomic E-state index is -0.557. The third kappa shape index (κ3) is 3.40. The van der Waals surface area contributed by atoms with Gasteiger partial charge in [-0.1, -0.05) is 18.2 Å². The van der Waals surface area contributed by atoms with Gasteiger partial charge in [-0.05, 0) is 25.1 Å². The van der Waals surface area contributed by atoms with Gasteiger partial charge in [0.1, 0.15) is 5.69 Å². The lowest BCUT2D eigenvalue weighted by molar-refractivity contribution is -0.384. The molecule has 0 bridgehead atoms. The largest absolute Gasteiger partial charge is 0.383 e. The molecule has 1 amide bonds. The highest BCUT2D eigenvalue weighted by Gasteiger charge is 2.21. The molecule has 2 rings (SSSR count). The summed E-state index contributed by atoms with van der Waals surface area (Å²) in [4.78, 5) is 35.4. The summed E-state index contributed by atoms with van der Waals surface area (Å²) in [6.07, 6.45) is 0. The number of rotatable bonds is 6. The van der Waals surface area contributed by atoms with E-state index in [0.717, 1.165) is 0 Å². The highest BCUT2D eigenvalue weighted by Crippen LogP contribution is 2.26. The molecule has 124 valence electrons. The van der Waals surface area contributed by atoms with Crippen molar-refractivity contribution < 1.29 is 14.5 Å². The Morgan fingerprint density at radius 2 is 1.79 bits per heavy atom. The third-order valence-corrected chi connectivity index (χ3v) is 3.48. The van der Waals surface area contributed by atoms with E-state index < -0.39 is 10.7 Å². The van der Waals surface area contributed by atoms with Crippen molar-refractivity contribution in [2.24, 2.45) is 0 Å². The second-order valence-electron chi connectivity index (χ2n) is 4.97. The van der Waals surface area contributed by atoms with Crippen molar-refractivity contribution in [1.29, 1.82) is 0 Å². The Labute approximate surface area is 138 Å². The van der Waals surface area contributed by atoms with Gasteiger partial charge in [-0.3, -0.25) is 19.7 Å². The van der Waals surface area contributed by atoms with Crippen molar-refractivity contribution >= 4 is 23.1 Å². The number of hydrogen-bond acceptors (Lipinski definition) is 5. The first-order valence-corrected chi connectivity index (χ1v) is 7.37. The number of nitrogens with zero attached hydrogens (tertiary/aromatic N) is 1. The predicted molar refractivity (Wildman–Crippen MR) is 90.5 cm³/mol. The number of ketones is 1. The molecule has 0 spiro atoms. The van der Waals surface area contributed by atoms with Gasteiger partial charge in [0.2, 0.25) is 0 Å². The standard InChI is InChI=1S/C17H17N3O4/c1-3-19-17(22)13-7-5-4-6-12(13)16(21)11-8-9-14(18-2)15(10-11)20(23)24/h4-10,18H,3H2,1-2H3,(H,19,22). The summed E-state index contributed by atoms with van der Waals surface area (Å²) in [6, 6.07) is 10.6. The normalized spacial score (nSPS) is 10.1. The molecule has 0 atom stereocenters. The van der Waals surface area contributed by atoms with Crippen LogP contribution in [0.25, 0.3) is 0 Å². The molecule has 0 heterocycles. The highest BCUT2D eigenvalue weighted by atomic mass is 16.6. The summed E-state index contributed by atoms with van der Waals surface area (Å²) in [5, 5.41) is 16.5. The molecule has 0 aromatic heterocycles. The van der Waals surface area contributed by atoms with Gasteiger partial charge in [0.05, 0.1) is 10.5 Å². The Hall–Kier alpha value is -3.22. The van der Waals surface area contributed by atoms with Gasteiger partial charge in [0.15, 0.2) is 5.78 Å². The fourth-order valence-corrected chi connectivity index (χ4v) is 2.33. The number of nitrogens with one attached hydrogen (secondary N) is 2. The van der Waals surface area contributed by atoms with E-state index in [0.29, 0.717) is 12.2 Å². The molecule has 0 aliphatic rings. The number of nitro groups is 1. The molecule has 7 nitrogen and oxygen atoms in total. The average molecular weight is 327 g/mol. The summed E-state index contributed by atoms with van der Waals surface area (Å²) in [5.74, 6) is -0.801. The first-order valence-electron chi connectivity index (χ1n) is 7.37. The second kappa shape index (κ2) is 7.36. The van der Waals surface area contributed by atoms with Gasteiger partial charge in [0, 0.05) is 30.8 Å². The van der Waals surface area contributed by atoms with Crippen LogP contribution in [0.4, 0.5) is 11.4 Å². The van der Waals surface area contributed by atoms with Gasteiger partial charge < -0.3 is 10.6 Å². The summed E-state index contributed by atoms with van der Waals surface area (Å²) in [5.41, 5.74) is 0.713. The van der Waals surface area contributed by atoms with Crippen molar-refractivity contribution in [3.63, 3.8) is 0 Å². The number of hydrogen-bond donors (Lipinski definition) is 2. The van der Waals surface area contributed by atoms with E-state index in [-0.39, 0.29) is 28.3 Å². The zero-order chi connectivity index (χ0) is 17.7. The van der Waals surface area contributed by atoms with Crippen molar-refractivity contribution in [3.8, 4) is 0 Å². The smallest absolute Gasteiger partial charge is 0.293 e. The predicted octanol–water partition coefficient (Wildman–Crippen LogP) is 2.62. The fourth-order valence-electron chi connectivity index (χ4n) is 2.33. The maximum absolute atomic E-state index is 12.7. The summed E-state index contributed by atoms with van der Waals surface area (Å²) in [7, 11) is 1.56. The van der Waals surface area contributed by atoms with Gasteiger partial charge in [-0.15, -0.1) is 0 Å². The number of nitro benzene ring substituents is 1. The molecule has 2 aromatic rings. The molecule has 24 heavy (non-hydrogen) atoms. The first-order chi connectivity index (χ1) is 11.5. The Kier molecular flexibility index (Phi) is 5.26. The molecule has 0 unspecified atom stereocenters. The van der Waals surface area contributed by atoms with Crippen LogP contribution in [0.2, 0.25) is 0 Å². The van der Waals surface area contributed by atoms with Crippen LogP contribution in [0.3, 0.4) is 0 Å². The molecule has 7 heteroatoms. The number of carbonyl (C=O) groups is 2. The lowest BCUT2D eigenvalue weighted by atomic mass is 9.97. The zero-order valence-corrected chi connectivity index (χ0v) is 13.3. The lowest BCUT2D eigenvalue weighted by Crippen LogP contribution is -2.25. The maximum atomic E-state index is 12.7. The van der Waals surface area contributed by atoms with Gasteiger partial charge in [-0.25, -0.2) is 0 Å². The fraction of sp³-hybridized carbons (Fsp3) is 0.176. The SMILES string of the molecule is CCNC(=O)c1ccccc1C(=O)c1ccc(NC)c([N+](=O)[O-])c1. The van der Waals surface area contributed by atoms with E-state index in [1.807, 2.05) is 0 Å². The summed E-state index contributed by atoms with van der Waals surface area (Å²) >= 11 is 0. The van der Waals surface area contributed by atoms with Crippen LogP contribution in [0.15, 0.2) is 42.5 Å². The van der Waals surface area contributed by atoms with E-state index in [9.17, 15) is 19.7 Å². The number of anilines is 1.